The fourth-order valence-electron chi connectivity index (χ4n) is 4.97. The Morgan fingerprint density at radius 3 is 1.47 bits per heavy atom. The summed E-state index contributed by atoms with van der Waals surface area (Å²) in [5.74, 6) is -0.165. The smallest absolute Gasteiger partial charge is 0.307 e. The fourth-order valence-corrected chi connectivity index (χ4v) is 4.97. The number of hydrogen-bond acceptors (Lipinski definition) is 11. The number of aromatic nitrogens is 4. The fraction of sp³-hybridized carbons (Fsp3) is 0.0682. The lowest BCUT2D eigenvalue weighted by molar-refractivity contribution is -0.136. The molecule has 294 valence electrons. The van der Waals surface area contributed by atoms with Crippen molar-refractivity contribution in [2.24, 2.45) is 0 Å². The SMILES string of the molecule is C=CCC(=O)Nc1cccc(Nc2nccc(-c3cccc(NC(=O)CC=C)c3)n2)c1.C=CCC(=O)O.Nc1cccc(Nc2nccc(-c3cccc(N)c3)n2)c1. The van der Waals surface area contributed by atoms with Gasteiger partial charge in [0.05, 0.1) is 17.8 Å². The molecule has 0 unspecified atom stereocenters. The van der Waals surface area contributed by atoms with Crippen LogP contribution in [0.5, 0.6) is 0 Å². The zero-order chi connectivity index (χ0) is 41.7. The highest BCUT2D eigenvalue weighted by atomic mass is 16.4. The highest BCUT2D eigenvalue weighted by molar-refractivity contribution is 5.93. The number of rotatable bonds is 14. The Morgan fingerprint density at radius 2 is 0.983 bits per heavy atom. The van der Waals surface area contributed by atoms with Crippen LogP contribution in [0.2, 0.25) is 0 Å². The Hall–Kier alpha value is -8.13. The summed E-state index contributed by atoms with van der Waals surface area (Å²) in [6.07, 6.45) is 8.37. The van der Waals surface area contributed by atoms with Gasteiger partial charge in [0, 0.05) is 70.5 Å². The van der Waals surface area contributed by atoms with Gasteiger partial charge in [0.1, 0.15) is 0 Å². The minimum atomic E-state index is -0.829. The van der Waals surface area contributed by atoms with Gasteiger partial charge in [-0.1, -0.05) is 54.6 Å². The molecular formula is C44H44N10O4. The van der Waals surface area contributed by atoms with Gasteiger partial charge in [0.25, 0.3) is 0 Å². The second-order valence-corrected chi connectivity index (χ2v) is 12.2. The highest BCUT2D eigenvalue weighted by Gasteiger charge is 2.08. The van der Waals surface area contributed by atoms with Crippen LogP contribution in [0.15, 0.2) is 160 Å². The lowest BCUT2D eigenvalue weighted by Gasteiger charge is -2.10. The monoisotopic (exact) mass is 776 g/mol. The number of anilines is 8. The molecule has 14 nitrogen and oxygen atoms in total. The van der Waals surface area contributed by atoms with Crippen LogP contribution < -0.4 is 32.7 Å². The number of carbonyl (C=O) groups excluding carboxylic acids is 2. The first-order valence-electron chi connectivity index (χ1n) is 17.8. The highest BCUT2D eigenvalue weighted by Crippen LogP contribution is 2.25. The molecule has 0 fully saturated rings. The van der Waals surface area contributed by atoms with Crippen LogP contribution >= 0.6 is 0 Å². The van der Waals surface area contributed by atoms with E-state index in [1.807, 2.05) is 91.0 Å². The van der Waals surface area contributed by atoms with E-state index in [4.69, 9.17) is 16.6 Å². The molecule has 0 atom stereocenters. The van der Waals surface area contributed by atoms with Crippen molar-refractivity contribution in [2.75, 3.05) is 32.7 Å². The molecule has 2 aromatic heterocycles. The van der Waals surface area contributed by atoms with Crippen molar-refractivity contribution >= 4 is 63.8 Å². The molecule has 0 aliphatic rings. The third-order valence-corrected chi connectivity index (χ3v) is 7.46. The number of nitrogens with two attached hydrogens (primary N) is 2. The van der Waals surface area contributed by atoms with Crippen molar-refractivity contribution in [3.05, 3.63) is 160 Å². The summed E-state index contributed by atoms with van der Waals surface area (Å²) in [5.41, 5.74) is 19.2. The maximum absolute atomic E-state index is 11.8. The second-order valence-electron chi connectivity index (χ2n) is 12.2. The molecule has 2 heterocycles. The lowest BCUT2D eigenvalue weighted by atomic mass is 10.1. The first kappa shape index (κ1) is 42.6. The molecule has 0 aliphatic heterocycles. The van der Waals surface area contributed by atoms with E-state index in [-0.39, 0.29) is 31.1 Å². The van der Waals surface area contributed by atoms with Crippen molar-refractivity contribution in [2.45, 2.75) is 19.3 Å². The standard InChI is InChI=1S/C24H23N5O2.C16H15N5.C4H6O2/c1-3-7-22(30)26-18-10-5-9-17(15-18)21-13-14-25-24(29-21)28-20-12-6-11-19(16-20)27-23(31)8-4-2;17-12-4-1-3-11(9-12)15-7-8-19-16(21-15)20-14-6-2-5-13(18)10-14;1-2-3-4(5)6/h3-6,9-16H,1-2,7-8H2,(H,26,30)(H,27,31)(H,25,28,29);1-10H,17-18H2,(H,19,20,21);2H,1,3H2,(H,5,6). The van der Waals surface area contributed by atoms with Gasteiger partial charge in [-0.15, -0.1) is 19.7 Å². The summed E-state index contributed by atoms with van der Waals surface area (Å²) < 4.78 is 0. The summed E-state index contributed by atoms with van der Waals surface area (Å²) in [7, 11) is 0. The van der Waals surface area contributed by atoms with Gasteiger partial charge >= 0.3 is 5.97 Å². The van der Waals surface area contributed by atoms with E-state index in [0.717, 1.165) is 28.2 Å². The third kappa shape index (κ3) is 14.6. The van der Waals surface area contributed by atoms with Gasteiger partial charge in [0.2, 0.25) is 23.7 Å². The molecule has 6 rings (SSSR count). The zero-order valence-corrected chi connectivity index (χ0v) is 31.6. The van der Waals surface area contributed by atoms with Gasteiger partial charge in [-0.2, -0.15) is 0 Å². The topological polar surface area (TPSA) is 223 Å². The molecule has 4 aromatic carbocycles. The summed E-state index contributed by atoms with van der Waals surface area (Å²) >= 11 is 0. The van der Waals surface area contributed by atoms with Crippen LogP contribution in [0.4, 0.5) is 46.0 Å². The Bertz CT molecular complexity index is 2370. The number of nitrogens with one attached hydrogen (secondary N) is 4. The van der Waals surface area contributed by atoms with Gasteiger partial charge in [0.15, 0.2) is 0 Å². The molecule has 0 spiro atoms. The molecule has 6 aromatic rings. The van der Waals surface area contributed by atoms with Gasteiger partial charge in [-0.25, -0.2) is 19.9 Å². The van der Waals surface area contributed by atoms with Crippen molar-refractivity contribution in [3.63, 3.8) is 0 Å². The van der Waals surface area contributed by atoms with Crippen LogP contribution in [-0.4, -0.2) is 42.8 Å². The van der Waals surface area contributed by atoms with E-state index in [9.17, 15) is 14.4 Å². The van der Waals surface area contributed by atoms with Gasteiger partial charge in [-0.05, 0) is 72.8 Å². The largest absolute Gasteiger partial charge is 0.481 e. The molecule has 0 aliphatic carbocycles. The second kappa shape index (κ2) is 22.3. The quantitative estimate of drug-likeness (QED) is 0.0408. The first-order chi connectivity index (χ1) is 28.0. The van der Waals surface area contributed by atoms with E-state index in [2.05, 4.69) is 60.9 Å². The Labute approximate surface area is 336 Å². The van der Waals surface area contributed by atoms with E-state index in [1.54, 1.807) is 42.7 Å². The van der Waals surface area contributed by atoms with E-state index in [1.165, 1.54) is 6.08 Å². The molecule has 0 saturated carbocycles. The number of carboxylic acids is 1. The number of nitrogens with zero attached hydrogens (tertiary/aromatic N) is 4. The molecule has 14 heteroatoms. The summed E-state index contributed by atoms with van der Waals surface area (Å²) in [6, 6.07) is 33.4. The molecule has 0 bridgehead atoms. The van der Waals surface area contributed by atoms with Crippen LogP contribution in [0.1, 0.15) is 19.3 Å². The predicted octanol–water partition coefficient (Wildman–Crippen LogP) is 8.62. The molecule has 9 N–H and O–H groups in total. The first-order valence-corrected chi connectivity index (χ1v) is 17.8. The molecular weight excluding hydrogens is 733 g/mol. The van der Waals surface area contributed by atoms with Crippen molar-refractivity contribution in [1.29, 1.82) is 0 Å². The van der Waals surface area contributed by atoms with E-state index < -0.39 is 5.97 Å². The van der Waals surface area contributed by atoms with Crippen molar-refractivity contribution in [3.8, 4) is 22.5 Å². The Kier molecular flexibility index (Phi) is 16.4. The maximum Gasteiger partial charge on any atom is 0.307 e. The van der Waals surface area contributed by atoms with Crippen LogP contribution in [0.3, 0.4) is 0 Å². The number of nitrogen functional groups attached to an aromatic ring is 2. The maximum atomic E-state index is 11.8. The molecule has 0 saturated heterocycles. The average Bonchev–Trinajstić information content (AvgIpc) is 3.19. The van der Waals surface area contributed by atoms with Gasteiger partial charge < -0.3 is 37.8 Å². The van der Waals surface area contributed by atoms with Crippen LogP contribution in [0, 0.1) is 0 Å². The number of hydrogen-bond donors (Lipinski definition) is 7. The lowest BCUT2D eigenvalue weighted by Crippen LogP contribution is -2.10. The number of carbonyl (C=O) groups is 3. The van der Waals surface area contributed by atoms with E-state index >= 15 is 0 Å². The van der Waals surface area contributed by atoms with E-state index in [0.29, 0.717) is 40.3 Å². The minimum Gasteiger partial charge on any atom is -0.481 e. The average molecular weight is 777 g/mol. The number of amides is 2. The van der Waals surface area contributed by atoms with Crippen molar-refractivity contribution < 1.29 is 19.5 Å². The Morgan fingerprint density at radius 1 is 0.552 bits per heavy atom. The summed E-state index contributed by atoms with van der Waals surface area (Å²) in [6.45, 7) is 10.4. The van der Waals surface area contributed by atoms with Crippen LogP contribution in [-0.2, 0) is 14.4 Å². The summed E-state index contributed by atoms with van der Waals surface area (Å²) in [5, 5.41) is 19.8. The zero-order valence-electron chi connectivity index (χ0n) is 31.6. The summed E-state index contributed by atoms with van der Waals surface area (Å²) in [4.78, 5) is 50.6. The predicted molar refractivity (Wildman–Crippen MR) is 233 cm³/mol. The molecule has 2 amide bonds. The molecule has 0 radical (unpaired) electrons. The number of carboxylic acid groups (broad SMARTS) is 1. The third-order valence-electron chi connectivity index (χ3n) is 7.46. The van der Waals surface area contributed by atoms with Crippen LogP contribution in [0.25, 0.3) is 22.5 Å². The molecule has 58 heavy (non-hydrogen) atoms. The Balaban J connectivity index is 0.000000237. The van der Waals surface area contributed by atoms with Crippen molar-refractivity contribution in [1.82, 2.24) is 19.9 Å². The number of aliphatic carboxylic acids is 1. The van der Waals surface area contributed by atoms with Gasteiger partial charge in [-0.3, -0.25) is 14.4 Å². The number of benzene rings is 4. The minimum absolute atomic E-state index is 0.0556. The normalized spacial score (nSPS) is 9.86.